The van der Waals surface area contributed by atoms with Crippen LogP contribution in [0.2, 0.25) is 0 Å². The summed E-state index contributed by atoms with van der Waals surface area (Å²) in [6.07, 6.45) is 0. The van der Waals surface area contributed by atoms with Crippen molar-refractivity contribution in [1.82, 2.24) is 4.90 Å². The van der Waals surface area contributed by atoms with Crippen molar-refractivity contribution in [3.8, 4) is 11.5 Å². The van der Waals surface area contributed by atoms with Crippen LogP contribution in [0, 0.1) is 5.41 Å². The molecule has 0 fully saturated rings. The molecular weight excluding hydrogens is 280 g/mol. The highest BCUT2D eigenvalue weighted by molar-refractivity contribution is 5.94. The number of nitrogens with zero attached hydrogens (tertiary/aromatic N) is 1. The lowest BCUT2D eigenvalue weighted by Gasteiger charge is -2.29. The van der Waals surface area contributed by atoms with E-state index >= 15 is 0 Å². The summed E-state index contributed by atoms with van der Waals surface area (Å²) in [5.74, 6) is 1.26. The van der Waals surface area contributed by atoms with E-state index < -0.39 is 0 Å². The number of carbonyl (C=O) groups is 1. The summed E-state index contributed by atoms with van der Waals surface area (Å²) < 4.78 is 10.5. The number of fused-ring (bicyclic) bond motifs is 1. The molecule has 0 unspecified atom stereocenters. The molecule has 2 N–H and O–H groups in total. The van der Waals surface area contributed by atoms with Gasteiger partial charge in [-0.25, -0.2) is 0 Å². The Kier molecular flexibility index (Phi) is 5.25. The Bertz CT molecular complexity index is 491. The summed E-state index contributed by atoms with van der Waals surface area (Å²) in [4.78, 5) is 14.0. The van der Waals surface area contributed by atoms with E-state index in [0.29, 0.717) is 30.2 Å². The van der Waals surface area contributed by atoms with Gasteiger partial charge in [0, 0.05) is 19.2 Å². The molecule has 0 aliphatic carbocycles. The summed E-state index contributed by atoms with van der Waals surface area (Å²) in [7, 11) is 1.78. The van der Waals surface area contributed by atoms with Gasteiger partial charge in [0.1, 0.15) is 0 Å². The zero-order valence-electron chi connectivity index (χ0n) is 12.0. The van der Waals surface area contributed by atoms with Crippen molar-refractivity contribution in [2.24, 2.45) is 11.1 Å². The summed E-state index contributed by atoms with van der Waals surface area (Å²) in [5, 5.41) is 0. The number of hydrogen-bond acceptors (Lipinski definition) is 4. The van der Waals surface area contributed by atoms with Gasteiger partial charge in [-0.3, -0.25) is 4.79 Å². The van der Waals surface area contributed by atoms with Crippen LogP contribution in [0.25, 0.3) is 0 Å². The Labute approximate surface area is 125 Å². The molecule has 1 aliphatic rings. The average Bonchev–Trinajstić information content (AvgIpc) is 2.84. The van der Waals surface area contributed by atoms with Gasteiger partial charge in [-0.1, -0.05) is 13.8 Å². The lowest BCUT2D eigenvalue weighted by atomic mass is 9.93. The maximum Gasteiger partial charge on any atom is 0.253 e. The number of halogens is 1. The van der Waals surface area contributed by atoms with Crippen molar-refractivity contribution in [2.45, 2.75) is 13.8 Å². The van der Waals surface area contributed by atoms with Gasteiger partial charge in [-0.05, 0) is 30.2 Å². The second kappa shape index (κ2) is 6.33. The summed E-state index contributed by atoms with van der Waals surface area (Å²) in [6, 6.07) is 5.23. The van der Waals surface area contributed by atoms with Crippen LogP contribution in [-0.2, 0) is 0 Å². The third kappa shape index (κ3) is 3.55. The first-order chi connectivity index (χ1) is 8.93. The molecule has 0 aromatic heterocycles. The van der Waals surface area contributed by atoms with Crippen molar-refractivity contribution in [3.63, 3.8) is 0 Å². The first-order valence-electron chi connectivity index (χ1n) is 6.28. The number of rotatable bonds is 4. The molecule has 112 valence electrons. The van der Waals surface area contributed by atoms with E-state index in [-0.39, 0.29) is 30.5 Å². The van der Waals surface area contributed by atoms with Crippen LogP contribution in [0.1, 0.15) is 24.2 Å². The Morgan fingerprint density at radius 1 is 1.35 bits per heavy atom. The molecule has 1 aromatic carbocycles. The van der Waals surface area contributed by atoms with Gasteiger partial charge >= 0.3 is 0 Å². The molecule has 1 aromatic rings. The van der Waals surface area contributed by atoms with Crippen molar-refractivity contribution >= 4 is 18.3 Å². The topological polar surface area (TPSA) is 64.8 Å². The van der Waals surface area contributed by atoms with Gasteiger partial charge in [-0.2, -0.15) is 0 Å². The number of hydrogen-bond donors (Lipinski definition) is 1. The molecule has 5 nitrogen and oxygen atoms in total. The molecule has 0 bridgehead atoms. The molecule has 0 saturated heterocycles. The fourth-order valence-corrected chi connectivity index (χ4v) is 2.03. The number of nitrogens with two attached hydrogens (primary N) is 1. The Morgan fingerprint density at radius 3 is 2.65 bits per heavy atom. The Balaban J connectivity index is 0.00000200. The number of benzene rings is 1. The Morgan fingerprint density at radius 2 is 2.00 bits per heavy atom. The molecule has 0 radical (unpaired) electrons. The number of ether oxygens (including phenoxy) is 2. The normalized spacial score (nSPS) is 12.8. The molecule has 0 saturated carbocycles. The molecule has 2 rings (SSSR count). The minimum Gasteiger partial charge on any atom is -0.454 e. The maximum atomic E-state index is 12.3. The van der Waals surface area contributed by atoms with E-state index in [2.05, 4.69) is 0 Å². The van der Waals surface area contributed by atoms with E-state index in [4.69, 9.17) is 15.2 Å². The van der Waals surface area contributed by atoms with Crippen LogP contribution in [-0.4, -0.2) is 37.7 Å². The fourth-order valence-electron chi connectivity index (χ4n) is 2.03. The van der Waals surface area contributed by atoms with Gasteiger partial charge in [0.2, 0.25) is 6.79 Å². The van der Waals surface area contributed by atoms with Crippen LogP contribution in [0.4, 0.5) is 0 Å². The van der Waals surface area contributed by atoms with Crippen molar-refractivity contribution in [2.75, 3.05) is 26.9 Å². The quantitative estimate of drug-likeness (QED) is 0.922. The van der Waals surface area contributed by atoms with E-state index in [1.54, 1.807) is 30.1 Å². The lowest BCUT2D eigenvalue weighted by molar-refractivity contribution is 0.0740. The zero-order valence-corrected chi connectivity index (χ0v) is 12.8. The SMILES string of the molecule is CN(CC(C)(C)CN)C(=O)c1ccc2c(c1)OCO2.Cl. The molecule has 1 heterocycles. The minimum absolute atomic E-state index is 0. The highest BCUT2D eigenvalue weighted by Crippen LogP contribution is 2.32. The van der Waals surface area contributed by atoms with Gasteiger partial charge in [-0.15, -0.1) is 12.4 Å². The third-order valence-electron chi connectivity index (χ3n) is 3.18. The lowest BCUT2D eigenvalue weighted by Crippen LogP contribution is -2.39. The molecule has 1 aliphatic heterocycles. The summed E-state index contributed by atoms with van der Waals surface area (Å²) in [6.45, 7) is 5.43. The fraction of sp³-hybridized carbons (Fsp3) is 0.500. The second-order valence-corrected chi connectivity index (χ2v) is 5.60. The summed E-state index contributed by atoms with van der Waals surface area (Å²) >= 11 is 0. The van der Waals surface area contributed by atoms with E-state index in [0.717, 1.165) is 0 Å². The van der Waals surface area contributed by atoms with E-state index in [1.807, 2.05) is 13.8 Å². The number of amides is 1. The molecule has 6 heteroatoms. The summed E-state index contributed by atoms with van der Waals surface area (Å²) in [5.41, 5.74) is 6.19. The first-order valence-corrected chi connectivity index (χ1v) is 6.28. The highest BCUT2D eigenvalue weighted by Gasteiger charge is 2.23. The standard InChI is InChI=1S/C14H20N2O3.ClH/c1-14(2,7-15)8-16(3)13(17)10-4-5-11-12(6-10)19-9-18-11;/h4-6H,7-9,15H2,1-3H3;1H. The van der Waals surface area contributed by atoms with E-state index in [1.165, 1.54) is 0 Å². The van der Waals surface area contributed by atoms with Crippen molar-refractivity contribution in [1.29, 1.82) is 0 Å². The molecule has 1 amide bonds. The monoisotopic (exact) mass is 300 g/mol. The second-order valence-electron chi connectivity index (χ2n) is 5.60. The van der Waals surface area contributed by atoms with Crippen LogP contribution in [0.3, 0.4) is 0 Å². The molecule has 0 spiro atoms. The average molecular weight is 301 g/mol. The molecule has 20 heavy (non-hydrogen) atoms. The van der Waals surface area contributed by atoms with Crippen molar-refractivity contribution in [3.05, 3.63) is 23.8 Å². The minimum atomic E-state index is -0.0965. The number of carbonyl (C=O) groups excluding carboxylic acids is 1. The van der Waals surface area contributed by atoms with Gasteiger partial charge in [0.15, 0.2) is 11.5 Å². The van der Waals surface area contributed by atoms with Crippen LogP contribution < -0.4 is 15.2 Å². The zero-order chi connectivity index (χ0) is 14.0. The van der Waals surface area contributed by atoms with E-state index in [9.17, 15) is 4.79 Å². The predicted octanol–water partition coefficient (Wildman–Crippen LogP) is 1.89. The third-order valence-corrected chi connectivity index (χ3v) is 3.18. The van der Waals surface area contributed by atoms with Crippen molar-refractivity contribution < 1.29 is 14.3 Å². The molecule has 0 atom stereocenters. The maximum absolute atomic E-state index is 12.3. The highest BCUT2D eigenvalue weighted by atomic mass is 35.5. The molecular formula is C14H21ClN2O3. The van der Waals surface area contributed by atoms with Gasteiger partial charge in [0.25, 0.3) is 5.91 Å². The van der Waals surface area contributed by atoms with Gasteiger partial charge in [0.05, 0.1) is 0 Å². The largest absolute Gasteiger partial charge is 0.454 e. The van der Waals surface area contributed by atoms with Gasteiger partial charge < -0.3 is 20.1 Å². The smallest absolute Gasteiger partial charge is 0.253 e. The van der Waals surface area contributed by atoms with Crippen LogP contribution >= 0.6 is 12.4 Å². The predicted molar refractivity (Wildman–Crippen MR) is 79.6 cm³/mol. The van der Waals surface area contributed by atoms with Crippen LogP contribution in [0.5, 0.6) is 11.5 Å². The first kappa shape index (κ1) is 16.6. The Hall–Kier alpha value is -1.46. The van der Waals surface area contributed by atoms with Crippen LogP contribution in [0.15, 0.2) is 18.2 Å².